The molecule has 0 aromatic heterocycles. The van der Waals surface area contributed by atoms with E-state index in [9.17, 15) is 4.79 Å². The molecule has 3 rings (SSSR count). The summed E-state index contributed by atoms with van der Waals surface area (Å²) >= 11 is 3.42. The Morgan fingerprint density at radius 1 is 1.21 bits per heavy atom. The molecule has 0 aliphatic carbocycles. The van der Waals surface area contributed by atoms with E-state index in [0.29, 0.717) is 18.5 Å². The van der Waals surface area contributed by atoms with Crippen LogP contribution in [0.2, 0.25) is 0 Å². The highest BCUT2D eigenvalue weighted by Crippen LogP contribution is 2.37. The van der Waals surface area contributed by atoms with Gasteiger partial charge in [0.1, 0.15) is 0 Å². The molecule has 2 aliphatic rings. The molecule has 19 heavy (non-hydrogen) atoms. The molecule has 0 radical (unpaired) electrons. The van der Waals surface area contributed by atoms with Gasteiger partial charge in [-0.2, -0.15) is 0 Å². The minimum Gasteiger partial charge on any atom is -0.336 e. The Hall–Kier alpha value is -1.09. The van der Waals surface area contributed by atoms with Crippen LogP contribution in [0.1, 0.15) is 31.2 Å². The molecule has 0 spiro atoms. The van der Waals surface area contributed by atoms with E-state index in [-0.39, 0.29) is 5.91 Å². The number of carbonyl (C=O) groups excluding carboxylic acids is 1. The zero-order valence-electron chi connectivity index (χ0n) is 10.9. The van der Waals surface area contributed by atoms with Crippen molar-refractivity contribution in [3.63, 3.8) is 0 Å². The lowest BCUT2D eigenvalue weighted by Crippen LogP contribution is -2.45. The lowest BCUT2D eigenvalue weighted by atomic mass is 9.97. The molecule has 2 heterocycles. The summed E-state index contributed by atoms with van der Waals surface area (Å²) < 4.78 is 1.05. The van der Waals surface area contributed by atoms with Crippen molar-refractivity contribution in [3.8, 4) is 0 Å². The van der Waals surface area contributed by atoms with E-state index >= 15 is 0 Å². The summed E-state index contributed by atoms with van der Waals surface area (Å²) in [6.45, 7) is 4.10. The van der Waals surface area contributed by atoms with Crippen molar-refractivity contribution in [1.82, 2.24) is 4.90 Å². The predicted molar refractivity (Wildman–Crippen MR) is 79.9 cm³/mol. The van der Waals surface area contributed by atoms with Crippen LogP contribution in [0.3, 0.4) is 0 Å². The van der Waals surface area contributed by atoms with Crippen molar-refractivity contribution < 1.29 is 4.79 Å². The fourth-order valence-electron chi connectivity index (χ4n) is 3.39. The molecule has 0 N–H and O–H groups in total. The SMILES string of the molecule is C=C1CC2CCC(C1)N2C(=O)Cc1ccc(Br)cc1. The standard InChI is InChI=1S/C16H18BrNO/c1-11-8-14-6-7-15(9-11)18(14)16(19)10-12-2-4-13(17)5-3-12/h2-5,14-15H,1,6-10H2. The highest BCUT2D eigenvalue weighted by Gasteiger charge is 2.40. The van der Waals surface area contributed by atoms with Crippen molar-refractivity contribution in [3.05, 3.63) is 46.5 Å². The van der Waals surface area contributed by atoms with Gasteiger partial charge in [0.15, 0.2) is 0 Å². The second-order valence-corrected chi connectivity index (χ2v) is 6.56. The molecule has 2 aliphatic heterocycles. The first-order valence-corrected chi connectivity index (χ1v) is 7.65. The fourth-order valence-corrected chi connectivity index (χ4v) is 3.65. The Morgan fingerprint density at radius 3 is 2.37 bits per heavy atom. The van der Waals surface area contributed by atoms with Crippen LogP contribution in [0, 0.1) is 0 Å². The third kappa shape index (κ3) is 2.62. The number of nitrogens with zero attached hydrogens (tertiary/aromatic N) is 1. The van der Waals surface area contributed by atoms with E-state index in [1.54, 1.807) is 0 Å². The number of benzene rings is 1. The first-order valence-electron chi connectivity index (χ1n) is 6.86. The number of amides is 1. The van der Waals surface area contributed by atoms with Gasteiger partial charge in [0.2, 0.25) is 5.91 Å². The van der Waals surface area contributed by atoms with Gasteiger partial charge in [-0.25, -0.2) is 0 Å². The molecule has 0 saturated carbocycles. The summed E-state index contributed by atoms with van der Waals surface area (Å²) in [5, 5.41) is 0. The van der Waals surface area contributed by atoms with Crippen molar-refractivity contribution in [2.45, 2.75) is 44.2 Å². The molecule has 2 bridgehead atoms. The Morgan fingerprint density at radius 2 is 1.79 bits per heavy atom. The third-order valence-corrected chi connectivity index (χ3v) is 4.75. The topological polar surface area (TPSA) is 20.3 Å². The Labute approximate surface area is 122 Å². The highest BCUT2D eigenvalue weighted by atomic mass is 79.9. The second kappa shape index (κ2) is 5.12. The number of rotatable bonds is 2. The highest BCUT2D eigenvalue weighted by molar-refractivity contribution is 9.10. The molecule has 2 unspecified atom stereocenters. The summed E-state index contributed by atoms with van der Waals surface area (Å²) in [4.78, 5) is 14.6. The van der Waals surface area contributed by atoms with Crippen molar-refractivity contribution >= 4 is 21.8 Å². The molecule has 1 amide bonds. The van der Waals surface area contributed by atoms with Crippen molar-refractivity contribution in [1.29, 1.82) is 0 Å². The molecule has 1 aromatic rings. The molecule has 2 atom stereocenters. The molecule has 1 aromatic carbocycles. The van der Waals surface area contributed by atoms with Crippen LogP contribution in [0.5, 0.6) is 0 Å². The van der Waals surface area contributed by atoms with Gasteiger partial charge in [-0.1, -0.05) is 40.2 Å². The quantitative estimate of drug-likeness (QED) is 0.761. The molecule has 2 nitrogen and oxygen atoms in total. The molecular formula is C16H18BrNO. The van der Waals surface area contributed by atoms with Gasteiger partial charge in [-0.15, -0.1) is 0 Å². The molecule has 3 heteroatoms. The van der Waals surface area contributed by atoms with Crippen molar-refractivity contribution in [2.75, 3.05) is 0 Å². The lowest BCUT2D eigenvalue weighted by molar-refractivity contribution is -0.134. The van der Waals surface area contributed by atoms with Crippen LogP contribution in [0.25, 0.3) is 0 Å². The monoisotopic (exact) mass is 319 g/mol. The number of carbonyl (C=O) groups is 1. The maximum Gasteiger partial charge on any atom is 0.227 e. The Kier molecular flexibility index (Phi) is 3.48. The first kappa shape index (κ1) is 12.9. The van der Waals surface area contributed by atoms with Gasteiger partial charge < -0.3 is 4.90 Å². The summed E-state index contributed by atoms with van der Waals surface area (Å²) in [6.07, 6.45) is 4.82. The largest absolute Gasteiger partial charge is 0.336 e. The zero-order valence-corrected chi connectivity index (χ0v) is 12.5. The molecule has 100 valence electrons. The third-order valence-electron chi connectivity index (χ3n) is 4.23. The van der Waals surface area contributed by atoms with Crippen LogP contribution >= 0.6 is 15.9 Å². The van der Waals surface area contributed by atoms with Crippen LogP contribution < -0.4 is 0 Å². The lowest BCUT2D eigenvalue weighted by Gasteiger charge is -2.36. The van der Waals surface area contributed by atoms with Gasteiger partial charge >= 0.3 is 0 Å². The predicted octanol–water partition coefficient (Wildman–Crippen LogP) is 3.70. The molecule has 2 fully saturated rings. The van der Waals surface area contributed by atoms with Crippen LogP contribution in [-0.2, 0) is 11.2 Å². The zero-order chi connectivity index (χ0) is 13.4. The van der Waals surface area contributed by atoms with E-state index in [4.69, 9.17) is 0 Å². The fraction of sp³-hybridized carbons (Fsp3) is 0.438. The molecular weight excluding hydrogens is 302 g/mol. The van der Waals surface area contributed by atoms with Crippen LogP contribution in [-0.4, -0.2) is 22.9 Å². The maximum atomic E-state index is 12.5. The maximum absolute atomic E-state index is 12.5. The van der Waals surface area contributed by atoms with Gasteiger partial charge in [0.25, 0.3) is 0 Å². The number of hydrogen-bond donors (Lipinski definition) is 0. The van der Waals surface area contributed by atoms with Crippen molar-refractivity contribution in [2.24, 2.45) is 0 Å². The van der Waals surface area contributed by atoms with Crippen LogP contribution in [0.15, 0.2) is 40.9 Å². The average molecular weight is 320 g/mol. The number of piperidine rings is 1. The number of fused-ring (bicyclic) bond motifs is 2. The summed E-state index contributed by atoms with van der Waals surface area (Å²) in [5.41, 5.74) is 2.41. The van der Waals surface area contributed by atoms with Gasteiger partial charge in [0, 0.05) is 16.6 Å². The molecule has 2 saturated heterocycles. The number of halogens is 1. The van der Waals surface area contributed by atoms with E-state index in [1.807, 2.05) is 24.3 Å². The van der Waals surface area contributed by atoms with Gasteiger partial charge in [-0.05, 0) is 43.4 Å². The van der Waals surface area contributed by atoms with Gasteiger partial charge in [-0.3, -0.25) is 4.79 Å². The number of hydrogen-bond acceptors (Lipinski definition) is 1. The average Bonchev–Trinajstić information content (AvgIpc) is 2.65. The Bertz CT molecular complexity index is 492. The van der Waals surface area contributed by atoms with E-state index in [2.05, 4.69) is 27.4 Å². The first-order chi connectivity index (χ1) is 9.13. The van der Waals surface area contributed by atoms with E-state index in [0.717, 1.165) is 35.7 Å². The minimum atomic E-state index is 0.280. The van der Waals surface area contributed by atoms with E-state index in [1.165, 1.54) is 5.57 Å². The van der Waals surface area contributed by atoms with E-state index < -0.39 is 0 Å². The summed E-state index contributed by atoms with van der Waals surface area (Å²) in [5.74, 6) is 0.280. The summed E-state index contributed by atoms with van der Waals surface area (Å²) in [6, 6.07) is 8.85. The normalized spacial score (nSPS) is 25.7. The summed E-state index contributed by atoms with van der Waals surface area (Å²) in [7, 11) is 0. The smallest absolute Gasteiger partial charge is 0.227 e. The second-order valence-electron chi connectivity index (χ2n) is 5.65. The Balaban J connectivity index is 1.71. The van der Waals surface area contributed by atoms with Gasteiger partial charge in [0.05, 0.1) is 6.42 Å². The van der Waals surface area contributed by atoms with Crippen LogP contribution in [0.4, 0.5) is 0 Å². The minimum absolute atomic E-state index is 0.280.